The number of aliphatic carboxylic acids is 1. The molecule has 0 radical (unpaired) electrons. The van der Waals surface area contributed by atoms with Crippen molar-refractivity contribution in [3.8, 4) is 0 Å². The maximum Gasteiger partial charge on any atom is 0.490 e. The van der Waals surface area contributed by atoms with E-state index >= 15 is 0 Å². The largest absolute Gasteiger partial charge is 0.490 e. The Morgan fingerprint density at radius 1 is 1.41 bits per heavy atom. The zero-order valence-electron chi connectivity index (χ0n) is 15.1. The van der Waals surface area contributed by atoms with Crippen LogP contribution in [0.1, 0.15) is 18.4 Å². The summed E-state index contributed by atoms with van der Waals surface area (Å²) in [6, 6.07) is 2.19. The SMILES string of the molecule is CN(C)C(=O)[C@@H]1C[C@@H]2CCN(Cc3ccsc3)C[C@@H]2O1.O=C(O)C(F)(F)F. The Bertz CT molecular complexity index is 637. The van der Waals surface area contributed by atoms with Gasteiger partial charge in [-0.3, -0.25) is 9.69 Å². The van der Waals surface area contributed by atoms with Crippen molar-refractivity contribution in [3.63, 3.8) is 0 Å². The number of likely N-dealkylation sites (tertiary alicyclic amines) is 1. The van der Waals surface area contributed by atoms with Gasteiger partial charge < -0.3 is 14.7 Å². The minimum atomic E-state index is -5.08. The molecule has 2 saturated heterocycles. The number of hydrogen-bond acceptors (Lipinski definition) is 5. The Balaban J connectivity index is 0.000000321. The topological polar surface area (TPSA) is 70.1 Å². The van der Waals surface area contributed by atoms with Crippen molar-refractivity contribution < 1.29 is 32.6 Å². The second-order valence-electron chi connectivity index (χ2n) is 6.85. The molecule has 0 aromatic carbocycles. The van der Waals surface area contributed by atoms with Crippen molar-refractivity contribution in [2.75, 3.05) is 27.2 Å². The number of carboxylic acid groups (broad SMARTS) is 1. The molecule has 0 spiro atoms. The molecule has 2 aliphatic heterocycles. The molecule has 1 amide bonds. The zero-order valence-corrected chi connectivity index (χ0v) is 15.9. The second-order valence-corrected chi connectivity index (χ2v) is 7.63. The number of hydrogen-bond donors (Lipinski definition) is 1. The van der Waals surface area contributed by atoms with Gasteiger partial charge in [0.1, 0.15) is 6.10 Å². The Morgan fingerprint density at radius 2 is 2.07 bits per heavy atom. The summed E-state index contributed by atoms with van der Waals surface area (Å²) < 4.78 is 37.7. The van der Waals surface area contributed by atoms with Crippen LogP contribution in [0, 0.1) is 5.92 Å². The maximum atomic E-state index is 12.0. The molecule has 27 heavy (non-hydrogen) atoms. The number of nitrogens with zero attached hydrogens (tertiary/aromatic N) is 2. The lowest BCUT2D eigenvalue weighted by Gasteiger charge is -2.33. The summed E-state index contributed by atoms with van der Waals surface area (Å²) in [6.45, 7) is 3.07. The van der Waals surface area contributed by atoms with Gasteiger partial charge in [-0.2, -0.15) is 24.5 Å². The monoisotopic (exact) mass is 408 g/mol. The van der Waals surface area contributed by atoms with Gasteiger partial charge in [-0.1, -0.05) is 0 Å². The second kappa shape index (κ2) is 9.03. The molecule has 3 atom stereocenters. The Kier molecular flexibility index (Phi) is 7.24. The van der Waals surface area contributed by atoms with Gasteiger partial charge in [0.15, 0.2) is 0 Å². The van der Waals surface area contributed by atoms with E-state index < -0.39 is 12.1 Å². The van der Waals surface area contributed by atoms with Gasteiger partial charge in [0.05, 0.1) is 6.10 Å². The van der Waals surface area contributed by atoms with Crippen LogP contribution < -0.4 is 0 Å². The van der Waals surface area contributed by atoms with E-state index in [4.69, 9.17) is 14.6 Å². The Hall–Kier alpha value is -1.65. The van der Waals surface area contributed by atoms with Gasteiger partial charge in [0.25, 0.3) is 5.91 Å². The minimum Gasteiger partial charge on any atom is -0.475 e. The lowest BCUT2D eigenvalue weighted by Crippen LogP contribution is -2.42. The highest BCUT2D eigenvalue weighted by molar-refractivity contribution is 7.07. The molecule has 6 nitrogen and oxygen atoms in total. The summed E-state index contributed by atoms with van der Waals surface area (Å²) in [4.78, 5) is 25.0. The van der Waals surface area contributed by atoms with E-state index in [0.717, 1.165) is 32.5 Å². The van der Waals surface area contributed by atoms with Crippen molar-refractivity contribution >= 4 is 23.2 Å². The molecule has 0 unspecified atom stereocenters. The average Bonchev–Trinajstić information content (AvgIpc) is 3.22. The average molecular weight is 408 g/mol. The highest BCUT2D eigenvalue weighted by Gasteiger charge is 2.42. The number of ether oxygens (including phenoxy) is 1. The summed E-state index contributed by atoms with van der Waals surface area (Å²) in [5.74, 6) is -2.08. The van der Waals surface area contributed by atoms with E-state index in [1.54, 1.807) is 30.3 Å². The van der Waals surface area contributed by atoms with E-state index in [-0.39, 0.29) is 18.1 Å². The predicted octanol–water partition coefficient (Wildman–Crippen LogP) is 2.45. The van der Waals surface area contributed by atoms with E-state index in [1.807, 2.05) is 0 Å². The van der Waals surface area contributed by atoms with Gasteiger partial charge in [0, 0.05) is 27.2 Å². The first-order valence-corrected chi connectivity index (χ1v) is 9.42. The number of fused-ring (bicyclic) bond motifs is 1. The first kappa shape index (κ1) is 21.6. The summed E-state index contributed by atoms with van der Waals surface area (Å²) in [5, 5.41) is 11.5. The molecule has 1 N–H and O–H groups in total. The van der Waals surface area contributed by atoms with Gasteiger partial charge in [0.2, 0.25) is 0 Å². The van der Waals surface area contributed by atoms with Crippen LogP contribution in [-0.2, 0) is 20.9 Å². The highest BCUT2D eigenvalue weighted by atomic mass is 32.1. The quantitative estimate of drug-likeness (QED) is 0.832. The van der Waals surface area contributed by atoms with Crippen molar-refractivity contribution in [3.05, 3.63) is 22.4 Å². The highest BCUT2D eigenvalue weighted by Crippen LogP contribution is 2.34. The van der Waals surface area contributed by atoms with Crippen LogP contribution in [0.4, 0.5) is 13.2 Å². The van der Waals surface area contributed by atoms with Crippen molar-refractivity contribution in [2.24, 2.45) is 5.92 Å². The molecule has 1 aromatic rings. The number of amides is 1. The van der Waals surface area contributed by atoms with Gasteiger partial charge in [-0.15, -0.1) is 0 Å². The number of likely N-dealkylation sites (N-methyl/N-ethyl adjacent to an activating group) is 1. The van der Waals surface area contributed by atoms with E-state index in [1.165, 1.54) is 5.56 Å². The molecule has 1 aromatic heterocycles. The van der Waals surface area contributed by atoms with Crippen molar-refractivity contribution in [1.29, 1.82) is 0 Å². The summed E-state index contributed by atoms with van der Waals surface area (Å²) in [6.07, 6.45) is -3.03. The molecule has 10 heteroatoms. The van der Waals surface area contributed by atoms with E-state index in [9.17, 15) is 18.0 Å². The third-order valence-electron chi connectivity index (χ3n) is 4.58. The van der Waals surface area contributed by atoms with Crippen LogP contribution in [-0.4, -0.2) is 72.4 Å². The van der Waals surface area contributed by atoms with Crippen LogP contribution in [0.15, 0.2) is 16.8 Å². The smallest absolute Gasteiger partial charge is 0.475 e. The molecule has 0 bridgehead atoms. The number of rotatable bonds is 3. The molecular formula is C17H23F3N2O4S. The molecule has 2 aliphatic rings. The van der Waals surface area contributed by atoms with Crippen LogP contribution in [0.25, 0.3) is 0 Å². The van der Waals surface area contributed by atoms with Crippen molar-refractivity contribution in [2.45, 2.75) is 37.8 Å². The normalized spacial score (nSPS) is 25.3. The number of carbonyl (C=O) groups excluding carboxylic acids is 1. The minimum absolute atomic E-state index is 0.115. The molecular weight excluding hydrogens is 385 g/mol. The summed E-state index contributed by atoms with van der Waals surface area (Å²) in [5.41, 5.74) is 1.38. The molecule has 152 valence electrons. The van der Waals surface area contributed by atoms with E-state index in [0.29, 0.717) is 5.92 Å². The first-order chi connectivity index (χ1) is 12.6. The lowest BCUT2D eigenvalue weighted by atomic mass is 9.91. The van der Waals surface area contributed by atoms with Gasteiger partial charge >= 0.3 is 12.1 Å². The third kappa shape index (κ3) is 6.18. The summed E-state index contributed by atoms with van der Waals surface area (Å²) >= 11 is 1.75. The third-order valence-corrected chi connectivity index (χ3v) is 5.31. The molecule has 0 saturated carbocycles. The summed E-state index contributed by atoms with van der Waals surface area (Å²) in [7, 11) is 3.60. The maximum absolute atomic E-state index is 12.0. The fraction of sp³-hybridized carbons (Fsp3) is 0.647. The van der Waals surface area contributed by atoms with Crippen LogP contribution in [0.2, 0.25) is 0 Å². The number of piperidine rings is 1. The molecule has 3 heterocycles. The van der Waals surface area contributed by atoms with Crippen LogP contribution >= 0.6 is 11.3 Å². The Labute approximate surface area is 159 Å². The predicted molar refractivity (Wildman–Crippen MR) is 93.4 cm³/mol. The van der Waals surface area contributed by atoms with E-state index in [2.05, 4.69) is 21.7 Å². The van der Waals surface area contributed by atoms with Crippen molar-refractivity contribution in [1.82, 2.24) is 9.80 Å². The number of carboxylic acids is 1. The molecule has 2 fully saturated rings. The van der Waals surface area contributed by atoms with Gasteiger partial charge in [-0.05, 0) is 47.7 Å². The fourth-order valence-electron chi connectivity index (χ4n) is 3.23. The van der Waals surface area contributed by atoms with Crippen LogP contribution in [0.3, 0.4) is 0 Å². The molecule has 3 rings (SSSR count). The number of thiophene rings is 1. The fourth-order valence-corrected chi connectivity index (χ4v) is 3.89. The van der Waals surface area contributed by atoms with Crippen LogP contribution in [0.5, 0.6) is 0 Å². The lowest BCUT2D eigenvalue weighted by molar-refractivity contribution is -0.192. The van der Waals surface area contributed by atoms with Gasteiger partial charge in [-0.25, -0.2) is 4.79 Å². The Morgan fingerprint density at radius 3 is 2.59 bits per heavy atom. The number of carbonyl (C=O) groups is 2. The first-order valence-electron chi connectivity index (χ1n) is 8.48. The zero-order chi connectivity index (χ0) is 20.2. The number of alkyl halides is 3. The number of halogens is 3. The molecule has 0 aliphatic carbocycles. The standard InChI is InChI=1S/C15H22N2O2S.C2HF3O2/c1-16(2)15(18)13-7-12-3-5-17(9-14(12)19-13)8-11-4-6-20-10-11;3-2(4,5)1(6)7/h4,6,10,12-14H,3,5,7-9H2,1-2H3;(H,6,7)/t12-,13-,14-;/m0./s1.